The van der Waals surface area contributed by atoms with Crippen molar-refractivity contribution in [3.8, 4) is 0 Å². The van der Waals surface area contributed by atoms with Gasteiger partial charge in [0.15, 0.2) is 0 Å². The number of benzene rings is 1. The second-order valence-electron chi connectivity index (χ2n) is 4.24. The largest absolute Gasteiger partial charge is 0.324 e. The van der Waals surface area contributed by atoms with Crippen LogP contribution in [0.1, 0.15) is 37.9 Å². The highest BCUT2D eigenvalue weighted by Gasteiger charge is 2.07. The van der Waals surface area contributed by atoms with Gasteiger partial charge < -0.3 is 5.73 Å². The molecule has 14 heavy (non-hydrogen) atoms. The van der Waals surface area contributed by atoms with Crippen LogP contribution < -0.4 is 5.73 Å². The van der Waals surface area contributed by atoms with Gasteiger partial charge >= 0.3 is 0 Å². The van der Waals surface area contributed by atoms with Gasteiger partial charge in [0.05, 0.1) is 0 Å². The van der Waals surface area contributed by atoms with Gasteiger partial charge in [0, 0.05) is 6.04 Å². The van der Waals surface area contributed by atoms with Gasteiger partial charge in [-0.05, 0) is 36.5 Å². The van der Waals surface area contributed by atoms with Crippen LogP contribution in [0.2, 0.25) is 0 Å². The number of halogens is 1. The van der Waals surface area contributed by atoms with E-state index in [4.69, 9.17) is 5.73 Å². The Morgan fingerprint density at radius 3 is 2.43 bits per heavy atom. The lowest BCUT2D eigenvalue weighted by Crippen LogP contribution is -2.07. The summed E-state index contributed by atoms with van der Waals surface area (Å²) in [5.41, 5.74) is 7.52. The van der Waals surface area contributed by atoms with Crippen LogP contribution in [0, 0.1) is 11.7 Å². The molecule has 0 amide bonds. The summed E-state index contributed by atoms with van der Waals surface area (Å²) in [4.78, 5) is 0. The highest BCUT2D eigenvalue weighted by atomic mass is 19.1. The van der Waals surface area contributed by atoms with E-state index >= 15 is 0 Å². The lowest BCUT2D eigenvalue weighted by molar-refractivity contribution is 0.572. The molecule has 0 radical (unpaired) electrons. The van der Waals surface area contributed by atoms with E-state index in [1.54, 1.807) is 6.07 Å². The first-order valence-corrected chi connectivity index (χ1v) is 5.04. The molecule has 1 rings (SSSR count). The smallest absolute Gasteiger partial charge is 0.126 e. The Hall–Kier alpha value is -0.890. The number of rotatable bonds is 3. The molecular weight excluding hydrogens is 177 g/mol. The predicted molar refractivity (Wildman–Crippen MR) is 57.5 cm³/mol. The Labute approximate surface area is 85.1 Å². The summed E-state index contributed by atoms with van der Waals surface area (Å²) in [6.45, 7) is 6.07. The van der Waals surface area contributed by atoms with Crippen LogP contribution in [0.4, 0.5) is 4.39 Å². The molecule has 0 heterocycles. The van der Waals surface area contributed by atoms with Crippen molar-refractivity contribution in [1.29, 1.82) is 0 Å². The van der Waals surface area contributed by atoms with Crippen molar-refractivity contribution in [3.05, 3.63) is 35.1 Å². The van der Waals surface area contributed by atoms with Crippen molar-refractivity contribution in [2.24, 2.45) is 11.7 Å². The molecule has 0 fully saturated rings. The molecule has 0 saturated carbocycles. The van der Waals surface area contributed by atoms with Crippen molar-refractivity contribution in [2.45, 2.75) is 33.2 Å². The van der Waals surface area contributed by atoms with E-state index in [0.717, 1.165) is 17.5 Å². The van der Waals surface area contributed by atoms with Crippen molar-refractivity contribution in [1.82, 2.24) is 0 Å². The summed E-state index contributed by atoms with van der Waals surface area (Å²) < 4.78 is 13.4. The Balaban J connectivity index is 2.96. The molecule has 78 valence electrons. The Kier molecular flexibility index (Phi) is 3.64. The first-order valence-electron chi connectivity index (χ1n) is 5.04. The molecule has 0 spiro atoms. The van der Waals surface area contributed by atoms with Crippen molar-refractivity contribution in [2.75, 3.05) is 0 Å². The minimum absolute atomic E-state index is 0.0264. The molecular formula is C12H18FN. The molecule has 1 unspecified atom stereocenters. The van der Waals surface area contributed by atoms with E-state index in [2.05, 4.69) is 13.8 Å². The maximum Gasteiger partial charge on any atom is 0.126 e. The van der Waals surface area contributed by atoms with Crippen LogP contribution in [0.3, 0.4) is 0 Å². The van der Waals surface area contributed by atoms with Gasteiger partial charge in [0.1, 0.15) is 5.82 Å². The van der Waals surface area contributed by atoms with Crippen molar-refractivity contribution in [3.63, 3.8) is 0 Å². The third-order valence-corrected chi connectivity index (χ3v) is 2.22. The van der Waals surface area contributed by atoms with Gasteiger partial charge in [-0.2, -0.15) is 0 Å². The Morgan fingerprint density at radius 1 is 1.29 bits per heavy atom. The van der Waals surface area contributed by atoms with E-state index in [-0.39, 0.29) is 11.9 Å². The fourth-order valence-electron chi connectivity index (χ4n) is 1.47. The number of hydrogen-bond donors (Lipinski definition) is 1. The van der Waals surface area contributed by atoms with E-state index in [1.165, 1.54) is 6.07 Å². The first-order chi connectivity index (χ1) is 6.50. The van der Waals surface area contributed by atoms with Gasteiger partial charge in [-0.15, -0.1) is 0 Å². The van der Waals surface area contributed by atoms with Gasteiger partial charge in [0.2, 0.25) is 0 Å². The minimum atomic E-state index is -0.122. The lowest BCUT2D eigenvalue weighted by Gasteiger charge is -2.11. The van der Waals surface area contributed by atoms with Crippen LogP contribution in [0.15, 0.2) is 18.2 Å². The Bertz CT molecular complexity index is 305. The van der Waals surface area contributed by atoms with E-state index < -0.39 is 0 Å². The Morgan fingerprint density at radius 2 is 1.93 bits per heavy atom. The zero-order chi connectivity index (χ0) is 10.7. The second kappa shape index (κ2) is 4.56. The van der Waals surface area contributed by atoms with E-state index in [9.17, 15) is 4.39 Å². The topological polar surface area (TPSA) is 26.0 Å². The summed E-state index contributed by atoms with van der Waals surface area (Å²) in [5, 5.41) is 0. The molecule has 0 aliphatic carbocycles. The van der Waals surface area contributed by atoms with Crippen LogP contribution in [0.25, 0.3) is 0 Å². The molecule has 1 aromatic rings. The zero-order valence-corrected chi connectivity index (χ0v) is 9.05. The van der Waals surface area contributed by atoms with Gasteiger partial charge in [-0.1, -0.05) is 26.0 Å². The monoisotopic (exact) mass is 195 g/mol. The maximum atomic E-state index is 13.4. The van der Waals surface area contributed by atoms with Crippen molar-refractivity contribution >= 4 is 0 Å². The van der Waals surface area contributed by atoms with Crippen LogP contribution in [-0.4, -0.2) is 0 Å². The molecule has 0 aromatic heterocycles. The lowest BCUT2D eigenvalue weighted by atomic mass is 9.98. The molecule has 1 aromatic carbocycles. The van der Waals surface area contributed by atoms with Gasteiger partial charge in [-0.3, -0.25) is 0 Å². The third-order valence-electron chi connectivity index (χ3n) is 2.22. The van der Waals surface area contributed by atoms with Gasteiger partial charge in [-0.25, -0.2) is 4.39 Å². The molecule has 2 N–H and O–H groups in total. The highest BCUT2D eigenvalue weighted by Crippen LogP contribution is 2.18. The molecule has 0 aliphatic heterocycles. The summed E-state index contributed by atoms with van der Waals surface area (Å²) in [6.07, 6.45) is 0.770. The minimum Gasteiger partial charge on any atom is -0.324 e. The molecule has 2 heteroatoms. The summed E-state index contributed by atoms with van der Waals surface area (Å²) in [5.74, 6) is 0.343. The fourth-order valence-corrected chi connectivity index (χ4v) is 1.47. The number of nitrogens with two attached hydrogens (primary N) is 1. The summed E-state index contributed by atoms with van der Waals surface area (Å²) >= 11 is 0. The van der Waals surface area contributed by atoms with Crippen molar-refractivity contribution < 1.29 is 4.39 Å². The number of hydrogen-bond acceptors (Lipinski definition) is 1. The summed E-state index contributed by atoms with van der Waals surface area (Å²) in [7, 11) is 0. The second-order valence-corrected chi connectivity index (χ2v) is 4.24. The highest BCUT2D eigenvalue weighted by molar-refractivity contribution is 5.27. The average Bonchev–Trinajstić information content (AvgIpc) is 2.07. The molecule has 1 nitrogen and oxygen atoms in total. The predicted octanol–water partition coefficient (Wildman–Crippen LogP) is 3.04. The molecule has 0 bridgehead atoms. The van der Waals surface area contributed by atoms with E-state index in [0.29, 0.717) is 5.92 Å². The zero-order valence-electron chi connectivity index (χ0n) is 9.05. The molecule has 0 aliphatic rings. The fraction of sp³-hybridized carbons (Fsp3) is 0.500. The van der Waals surface area contributed by atoms with Crippen LogP contribution in [-0.2, 0) is 6.42 Å². The normalized spacial score (nSPS) is 13.3. The molecule has 1 atom stereocenters. The average molecular weight is 195 g/mol. The molecule has 0 saturated heterocycles. The SMILES string of the molecule is CC(C)Cc1cc(C(C)N)ccc1F. The standard InChI is InChI=1S/C12H18FN/c1-8(2)6-11-7-10(9(3)14)4-5-12(11)13/h4-5,7-9H,6,14H2,1-3H3. The quantitative estimate of drug-likeness (QED) is 0.788. The third kappa shape index (κ3) is 2.81. The maximum absolute atomic E-state index is 13.4. The van der Waals surface area contributed by atoms with E-state index in [1.807, 2.05) is 13.0 Å². The summed E-state index contributed by atoms with van der Waals surface area (Å²) in [6, 6.07) is 5.11. The van der Waals surface area contributed by atoms with Gasteiger partial charge in [0.25, 0.3) is 0 Å². The first kappa shape index (κ1) is 11.2. The van der Waals surface area contributed by atoms with Crippen LogP contribution >= 0.6 is 0 Å². The van der Waals surface area contributed by atoms with Crippen LogP contribution in [0.5, 0.6) is 0 Å².